The summed E-state index contributed by atoms with van der Waals surface area (Å²) in [6.45, 7) is 40.6. The molecule has 100 heavy (non-hydrogen) atoms. The van der Waals surface area contributed by atoms with Gasteiger partial charge in [0.05, 0.1) is 33.0 Å². The minimum atomic E-state index is 1.03. The Balaban J connectivity index is 0.000000265. The van der Waals surface area contributed by atoms with Gasteiger partial charge in [-0.1, -0.05) is 285 Å². The Bertz CT molecular complexity index is 4890. The molecular weight excluding hydrogens is 1220 g/mol. The number of fused-ring (bicyclic) bond motifs is 7. The fourth-order valence-corrected chi connectivity index (χ4v) is 11.8. The second kappa shape index (κ2) is 43.1. The number of benzene rings is 11. The summed E-state index contributed by atoms with van der Waals surface area (Å²) in [5.41, 5.74) is 19.2. The second-order valence-electron chi connectivity index (χ2n) is 21.8. The van der Waals surface area contributed by atoms with Crippen molar-refractivity contribution in [2.24, 2.45) is 28.2 Å². The molecule has 11 aromatic carbocycles. The number of para-hydroxylation sites is 2. The molecule has 4 aromatic heterocycles. The van der Waals surface area contributed by atoms with Crippen molar-refractivity contribution < 1.29 is 18.4 Å². The maximum atomic E-state index is 4.69. The molecule has 0 fully saturated rings. The van der Waals surface area contributed by atoms with Crippen LogP contribution < -0.4 is 18.4 Å². The molecule has 0 aliphatic rings. The predicted molar refractivity (Wildman–Crippen MR) is 438 cm³/mol. The summed E-state index contributed by atoms with van der Waals surface area (Å²) in [6.07, 6.45) is 8.02. The molecule has 4 heterocycles. The number of rotatable bonds is 4. The van der Waals surface area contributed by atoms with Crippen molar-refractivity contribution in [3.63, 3.8) is 0 Å². The Labute approximate surface area is 601 Å². The van der Waals surface area contributed by atoms with Crippen molar-refractivity contribution in [3.8, 4) is 45.0 Å². The van der Waals surface area contributed by atoms with Gasteiger partial charge in [-0.2, -0.15) is 9.13 Å². The molecule has 7 heteroatoms. The van der Waals surface area contributed by atoms with Crippen LogP contribution in [0.2, 0.25) is 0 Å². The molecule has 0 saturated carbocycles. The highest BCUT2D eigenvalue weighted by molar-refractivity contribution is 6.05. The van der Waals surface area contributed by atoms with Gasteiger partial charge in [-0.05, 0) is 141 Å². The predicted octanol–water partition coefficient (Wildman–Crippen LogP) is 24.4. The normalized spacial score (nSPS) is 9.80. The third-order valence-corrected chi connectivity index (χ3v) is 16.4. The van der Waals surface area contributed by atoms with E-state index in [1.54, 1.807) is 0 Å². The van der Waals surface area contributed by atoms with Crippen LogP contribution in [-0.2, 0) is 28.2 Å². The first-order valence-electron chi connectivity index (χ1n) is 36.6. The van der Waals surface area contributed by atoms with E-state index in [1.807, 2.05) is 159 Å². The van der Waals surface area contributed by atoms with Gasteiger partial charge in [0.2, 0.25) is 33.8 Å². The van der Waals surface area contributed by atoms with E-state index in [2.05, 4.69) is 302 Å². The van der Waals surface area contributed by atoms with Gasteiger partial charge in [0, 0.05) is 23.6 Å². The molecule has 0 radical (unpaired) electrons. The first kappa shape index (κ1) is 82.1. The lowest BCUT2D eigenvalue weighted by atomic mass is 9.94. The topological polar surface area (TPSA) is 54.2 Å². The largest absolute Gasteiger partial charge is 0.246 e. The summed E-state index contributed by atoms with van der Waals surface area (Å²) in [7, 11) is 8.34. The number of aryl methyl sites for hydroxylation is 8. The van der Waals surface area contributed by atoms with E-state index in [4.69, 9.17) is 0 Å². The van der Waals surface area contributed by atoms with Crippen LogP contribution in [0.1, 0.15) is 133 Å². The van der Waals surface area contributed by atoms with Crippen LogP contribution >= 0.6 is 0 Å². The van der Waals surface area contributed by atoms with E-state index in [0.29, 0.717) is 0 Å². The van der Waals surface area contributed by atoms with Gasteiger partial charge >= 0.3 is 0 Å². The maximum Gasteiger partial charge on any atom is 0.246 e. The van der Waals surface area contributed by atoms with Crippen LogP contribution in [0.5, 0.6) is 0 Å². The molecule has 0 N–H and O–H groups in total. The molecule has 7 nitrogen and oxygen atoms in total. The van der Waals surface area contributed by atoms with Crippen molar-refractivity contribution in [1.29, 1.82) is 0 Å². The summed E-state index contributed by atoms with van der Waals surface area (Å²) < 4.78 is 8.64. The van der Waals surface area contributed by atoms with E-state index in [1.165, 1.54) is 110 Å². The zero-order valence-corrected chi connectivity index (χ0v) is 65.0. The minimum Gasteiger partial charge on any atom is -0.243 e. The molecular formula is C93H115N7+4. The summed E-state index contributed by atoms with van der Waals surface area (Å²) in [6, 6.07) is 83.1. The molecule has 0 aliphatic heterocycles. The molecule has 0 atom stereocenters. The zero-order valence-electron chi connectivity index (χ0n) is 65.0. The van der Waals surface area contributed by atoms with Crippen molar-refractivity contribution in [1.82, 2.24) is 15.1 Å². The molecule has 0 amide bonds. The Kier molecular flexibility index (Phi) is 35.4. The van der Waals surface area contributed by atoms with Gasteiger partial charge in [-0.3, -0.25) is 0 Å². The smallest absolute Gasteiger partial charge is 0.243 e. The number of aromatic nitrogens is 7. The van der Waals surface area contributed by atoms with Gasteiger partial charge in [0.15, 0.2) is 13.2 Å². The molecule has 0 aliphatic carbocycles. The van der Waals surface area contributed by atoms with Crippen molar-refractivity contribution in [2.75, 3.05) is 0 Å². The van der Waals surface area contributed by atoms with Crippen LogP contribution in [0.3, 0.4) is 0 Å². The zero-order chi connectivity index (χ0) is 73.8. The lowest BCUT2D eigenvalue weighted by Gasteiger charge is -2.11. The average Bonchev–Trinajstić information content (AvgIpc) is 0.790. The highest BCUT2D eigenvalue weighted by Gasteiger charge is 2.22. The van der Waals surface area contributed by atoms with Gasteiger partial charge in [-0.25, -0.2) is 14.5 Å². The quantitative estimate of drug-likeness (QED) is 0.130. The lowest BCUT2D eigenvalue weighted by Crippen LogP contribution is -2.35. The third-order valence-electron chi connectivity index (χ3n) is 16.4. The van der Waals surface area contributed by atoms with Crippen LogP contribution in [0.15, 0.2) is 261 Å². The van der Waals surface area contributed by atoms with Gasteiger partial charge in [0.1, 0.15) is 50.8 Å². The molecule has 0 saturated heterocycles. The Morgan fingerprint density at radius 3 is 1.20 bits per heavy atom. The SMILES string of the molecule is CC.CC.CC.CC.CC.CC.CC.CC.Cc1ccc2ccccc2c1-c1c2ccccc2cc[n+]1C.Cc1ccccc1-c1c2cc3ccccc3cc2cn[n+]1C.Cc1ccccc1-c1cnc2cc3ccccc3cc2[n+]1C.Cc1ccccc1-c1cnc2ccccc2[n+]1C. The first-order chi connectivity index (χ1) is 49.0. The van der Waals surface area contributed by atoms with Gasteiger partial charge in [0.25, 0.3) is 0 Å². The van der Waals surface area contributed by atoms with Crippen LogP contribution in [0.4, 0.5) is 0 Å². The second-order valence-corrected chi connectivity index (χ2v) is 21.8. The standard InChI is InChI=1S/C21H18N.2C20H17N2.C16H15N2.8C2H6/c1-15-11-12-16-7-3-5-9-18(16)20(15)21-19-10-6-4-8-17(19)13-14-22(21)2;1-14-7-3-6-10-18(14)20-19-12-16-9-5-4-8-15(16)11-17(19)13-21-22(20)2;1-14-7-3-6-10-17(14)20-13-21-18-11-15-8-4-5-9-16(15)12-19(18)22(20)2;1-12-7-3-4-8-13(12)16-11-17-14-9-5-6-10-15(14)18(16)2;8*1-2/h3-14H,1-2H3;2*3-13H,1-2H3;3-11H,1-2H3;8*1-2H3/q4*+1;;;;;;;;. The first-order valence-corrected chi connectivity index (χ1v) is 36.6. The summed E-state index contributed by atoms with van der Waals surface area (Å²) >= 11 is 0. The summed E-state index contributed by atoms with van der Waals surface area (Å²) in [5, 5.41) is 17.1. The van der Waals surface area contributed by atoms with Crippen molar-refractivity contribution >= 4 is 75.9 Å². The third kappa shape index (κ3) is 19.7. The fraction of sp³-hybridized carbons (Fsp3) is 0.258. The number of nitrogens with zero attached hydrogens (tertiary/aromatic N) is 7. The fourth-order valence-electron chi connectivity index (χ4n) is 11.8. The molecule has 0 spiro atoms. The average molecular weight is 1330 g/mol. The number of pyridine rings is 1. The van der Waals surface area contributed by atoms with Crippen LogP contribution in [0, 0.1) is 27.7 Å². The van der Waals surface area contributed by atoms with E-state index < -0.39 is 0 Å². The van der Waals surface area contributed by atoms with E-state index in [0.717, 1.165) is 33.5 Å². The highest BCUT2D eigenvalue weighted by Crippen LogP contribution is 2.35. The summed E-state index contributed by atoms with van der Waals surface area (Å²) in [5.74, 6) is 0. The van der Waals surface area contributed by atoms with E-state index in [9.17, 15) is 0 Å². The van der Waals surface area contributed by atoms with E-state index in [-0.39, 0.29) is 0 Å². The molecule has 15 rings (SSSR count). The Morgan fingerprint density at radius 2 is 0.670 bits per heavy atom. The summed E-state index contributed by atoms with van der Waals surface area (Å²) in [4.78, 5) is 9.23. The van der Waals surface area contributed by atoms with E-state index >= 15 is 0 Å². The van der Waals surface area contributed by atoms with Crippen molar-refractivity contribution in [3.05, 3.63) is 284 Å². The van der Waals surface area contributed by atoms with Crippen molar-refractivity contribution in [2.45, 2.75) is 138 Å². The number of hydrogen-bond acceptors (Lipinski definition) is 3. The van der Waals surface area contributed by atoms with Gasteiger partial charge < -0.3 is 0 Å². The highest BCUT2D eigenvalue weighted by atomic mass is 15.2. The van der Waals surface area contributed by atoms with Gasteiger partial charge in [-0.15, -0.1) is 0 Å². The molecule has 0 unspecified atom stereocenters. The van der Waals surface area contributed by atoms with Crippen LogP contribution in [-0.4, -0.2) is 15.1 Å². The Morgan fingerprint density at radius 1 is 0.270 bits per heavy atom. The molecule has 15 aromatic rings. The number of hydrogen-bond donors (Lipinski definition) is 0. The lowest BCUT2D eigenvalue weighted by molar-refractivity contribution is -0.719. The monoisotopic (exact) mass is 1330 g/mol. The molecule has 518 valence electrons. The maximum absolute atomic E-state index is 4.69. The molecule has 0 bridgehead atoms. The Hall–Kier alpha value is -10.4. The minimum absolute atomic E-state index is 1.03. The van der Waals surface area contributed by atoms with Crippen LogP contribution in [0.25, 0.3) is 121 Å².